The highest BCUT2D eigenvalue weighted by Crippen LogP contribution is 1.64. The summed E-state index contributed by atoms with van der Waals surface area (Å²) < 4.78 is 0. The number of nitrogens with one attached hydrogen (secondary N) is 1. The molecule has 0 radical (unpaired) electrons. The van der Waals surface area contributed by atoms with Gasteiger partial charge in [0.15, 0.2) is 0 Å². The van der Waals surface area contributed by atoms with Gasteiger partial charge in [-0.25, -0.2) is 0 Å². The van der Waals surface area contributed by atoms with Crippen molar-refractivity contribution in [1.29, 1.82) is 0 Å². The van der Waals surface area contributed by atoms with Gasteiger partial charge in [0.1, 0.15) is 6.61 Å². The van der Waals surface area contributed by atoms with Gasteiger partial charge in [-0.3, -0.25) is 19.7 Å². The first kappa shape index (κ1) is 8.57. The Morgan fingerprint density at radius 1 is 1.40 bits per heavy atom. The van der Waals surface area contributed by atoms with Gasteiger partial charge in [-0.2, -0.15) is 0 Å². The van der Waals surface area contributed by atoms with Gasteiger partial charge >= 0.3 is 11.8 Å². The quantitative estimate of drug-likeness (QED) is 0.345. The van der Waals surface area contributed by atoms with Gasteiger partial charge in [0.2, 0.25) is 0 Å². The second-order valence-electron chi connectivity index (χ2n) is 1.40. The lowest BCUT2D eigenvalue weighted by Crippen LogP contribution is -2.40. The zero-order chi connectivity index (χ0) is 8.15. The van der Waals surface area contributed by atoms with Crippen LogP contribution in [-0.4, -0.2) is 29.4 Å². The number of hydrogen-bond donors (Lipinski definition) is 3. The van der Waals surface area contributed by atoms with E-state index in [0.717, 1.165) is 0 Å². The summed E-state index contributed by atoms with van der Waals surface area (Å²) in [5.41, 5.74) is 4.45. The molecule has 0 unspecified atom stereocenters. The summed E-state index contributed by atoms with van der Waals surface area (Å²) >= 11 is 0. The van der Waals surface area contributed by atoms with E-state index < -0.39 is 24.3 Å². The smallest absolute Gasteiger partial charge is 0.315 e. The number of aliphatic hydroxyl groups excluding tert-OH is 1. The fourth-order valence-electron chi connectivity index (χ4n) is 0.228. The van der Waals surface area contributed by atoms with Crippen LogP contribution in [0.2, 0.25) is 0 Å². The number of aliphatic hydroxyl groups is 1. The van der Waals surface area contributed by atoms with Crippen LogP contribution in [0.3, 0.4) is 0 Å². The first-order chi connectivity index (χ1) is 4.57. The molecule has 0 heterocycles. The SMILES string of the molecule is NC(=O)C(=O)NC(=O)CO. The Hall–Kier alpha value is -1.43. The number of hydrogen-bond acceptors (Lipinski definition) is 4. The summed E-state index contributed by atoms with van der Waals surface area (Å²) in [5, 5.41) is 9.58. The molecule has 0 bridgehead atoms. The number of nitrogens with two attached hydrogens (primary N) is 1. The predicted molar refractivity (Wildman–Crippen MR) is 29.4 cm³/mol. The van der Waals surface area contributed by atoms with Crippen molar-refractivity contribution in [2.45, 2.75) is 0 Å². The lowest BCUT2D eigenvalue weighted by atomic mass is 10.5. The number of carbonyl (C=O) groups excluding carboxylic acids is 3. The molecule has 0 aromatic carbocycles. The van der Waals surface area contributed by atoms with Gasteiger partial charge in [0, 0.05) is 0 Å². The van der Waals surface area contributed by atoms with Gasteiger partial charge in [0.25, 0.3) is 5.91 Å². The van der Waals surface area contributed by atoms with E-state index in [4.69, 9.17) is 5.11 Å². The highest BCUT2D eigenvalue weighted by Gasteiger charge is 2.10. The molecule has 0 fully saturated rings. The Bertz CT molecular complexity index is 176. The lowest BCUT2D eigenvalue weighted by Gasteiger charge is -1.95. The molecule has 0 aromatic rings. The van der Waals surface area contributed by atoms with E-state index in [-0.39, 0.29) is 0 Å². The van der Waals surface area contributed by atoms with Gasteiger partial charge in [-0.15, -0.1) is 0 Å². The fourth-order valence-corrected chi connectivity index (χ4v) is 0.228. The number of primary amides is 1. The van der Waals surface area contributed by atoms with Gasteiger partial charge in [-0.05, 0) is 0 Å². The van der Waals surface area contributed by atoms with Gasteiger partial charge in [-0.1, -0.05) is 0 Å². The highest BCUT2D eigenvalue weighted by atomic mass is 16.3. The van der Waals surface area contributed by atoms with Crippen molar-refractivity contribution in [1.82, 2.24) is 5.32 Å². The number of amides is 3. The van der Waals surface area contributed by atoms with Crippen LogP contribution < -0.4 is 11.1 Å². The van der Waals surface area contributed by atoms with Crippen molar-refractivity contribution >= 4 is 17.7 Å². The zero-order valence-corrected chi connectivity index (χ0v) is 4.96. The number of carbonyl (C=O) groups is 3. The fraction of sp³-hybridized carbons (Fsp3) is 0.250. The van der Waals surface area contributed by atoms with Gasteiger partial charge in [0.05, 0.1) is 0 Å². The molecule has 0 aliphatic heterocycles. The molecule has 0 rings (SSSR count). The minimum absolute atomic E-state index is 0.848. The molecular formula is C4H6N2O4. The van der Waals surface area contributed by atoms with Gasteiger partial charge < -0.3 is 10.8 Å². The summed E-state index contributed by atoms with van der Waals surface area (Å²) in [6.45, 7) is -0.848. The molecule has 0 saturated carbocycles. The molecule has 0 aliphatic carbocycles. The second kappa shape index (κ2) is 3.57. The van der Waals surface area contributed by atoms with E-state index in [2.05, 4.69) is 5.73 Å². The summed E-state index contributed by atoms with van der Waals surface area (Å²) in [6.07, 6.45) is 0. The molecule has 4 N–H and O–H groups in total. The van der Waals surface area contributed by atoms with Crippen LogP contribution >= 0.6 is 0 Å². The molecule has 3 amide bonds. The second-order valence-corrected chi connectivity index (χ2v) is 1.40. The summed E-state index contributed by atoms with van der Waals surface area (Å²) in [6, 6.07) is 0. The zero-order valence-electron chi connectivity index (χ0n) is 4.96. The number of rotatable bonds is 1. The maximum Gasteiger partial charge on any atom is 0.315 e. The monoisotopic (exact) mass is 146 g/mol. The van der Waals surface area contributed by atoms with Crippen LogP contribution in [0.25, 0.3) is 0 Å². The van der Waals surface area contributed by atoms with Crippen molar-refractivity contribution < 1.29 is 19.5 Å². The first-order valence-electron chi connectivity index (χ1n) is 2.32. The van der Waals surface area contributed by atoms with E-state index >= 15 is 0 Å². The summed E-state index contributed by atoms with van der Waals surface area (Å²) in [7, 11) is 0. The first-order valence-corrected chi connectivity index (χ1v) is 2.32. The molecule has 0 saturated heterocycles. The molecule has 6 nitrogen and oxygen atoms in total. The Balaban J connectivity index is 3.80. The van der Waals surface area contributed by atoms with E-state index in [1.165, 1.54) is 5.32 Å². The minimum atomic E-state index is -1.26. The molecule has 10 heavy (non-hydrogen) atoms. The molecule has 0 aliphatic rings. The maximum atomic E-state index is 10.2. The normalized spacial score (nSPS) is 8.50. The van der Waals surface area contributed by atoms with E-state index in [1.807, 2.05) is 0 Å². The van der Waals surface area contributed by atoms with Crippen LogP contribution in [0.5, 0.6) is 0 Å². The lowest BCUT2D eigenvalue weighted by molar-refractivity contribution is -0.141. The van der Waals surface area contributed by atoms with Crippen molar-refractivity contribution in [3.63, 3.8) is 0 Å². The third-order valence-electron chi connectivity index (χ3n) is 0.620. The largest absolute Gasteiger partial charge is 0.387 e. The van der Waals surface area contributed by atoms with Crippen LogP contribution in [0.1, 0.15) is 0 Å². The van der Waals surface area contributed by atoms with Crippen LogP contribution in [0.4, 0.5) is 0 Å². The molecular weight excluding hydrogens is 140 g/mol. The standard InChI is InChI=1S/C4H6N2O4/c5-3(9)4(10)6-2(8)1-7/h7H,1H2,(H2,5,9)(H,6,8,10). The Labute approximate surface area is 56.0 Å². The van der Waals surface area contributed by atoms with Crippen molar-refractivity contribution in [2.75, 3.05) is 6.61 Å². The molecule has 56 valence electrons. The predicted octanol–water partition coefficient (Wildman–Crippen LogP) is -2.89. The van der Waals surface area contributed by atoms with Crippen LogP contribution in [-0.2, 0) is 14.4 Å². The Morgan fingerprint density at radius 2 is 1.90 bits per heavy atom. The van der Waals surface area contributed by atoms with Crippen LogP contribution in [0.15, 0.2) is 0 Å². The summed E-state index contributed by atoms with van der Waals surface area (Å²) in [4.78, 5) is 30.3. The topological polar surface area (TPSA) is 109 Å². The third kappa shape index (κ3) is 2.78. The Morgan fingerprint density at radius 3 is 2.20 bits per heavy atom. The Kier molecular flexibility index (Phi) is 3.06. The van der Waals surface area contributed by atoms with Crippen molar-refractivity contribution in [3.05, 3.63) is 0 Å². The van der Waals surface area contributed by atoms with E-state index in [1.54, 1.807) is 0 Å². The van der Waals surface area contributed by atoms with Crippen molar-refractivity contribution in [2.24, 2.45) is 5.73 Å². The van der Waals surface area contributed by atoms with E-state index in [9.17, 15) is 14.4 Å². The number of imide groups is 1. The maximum absolute atomic E-state index is 10.2. The molecule has 0 atom stereocenters. The van der Waals surface area contributed by atoms with Crippen molar-refractivity contribution in [3.8, 4) is 0 Å². The summed E-state index contributed by atoms with van der Waals surface area (Å²) in [5.74, 6) is -3.44. The average Bonchev–Trinajstić information content (AvgIpc) is 1.87. The molecule has 0 aromatic heterocycles. The molecule has 0 spiro atoms. The minimum Gasteiger partial charge on any atom is -0.387 e. The highest BCUT2D eigenvalue weighted by molar-refractivity contribution is 6.37. The average molecular weight is 146 g/mol. The molecule has 6 heteroatoms. The van der Waals surface area contributed by atoms with E-state index in [0.29, 0.717) is 0 Å². The van der Waals surface area contributed by atoms with Crippen LogP contribution in [0, 0.1) is 0 Å². The third-order valence-corrected chi connectivity index (χ3v) is 0.620.